The number of carbonyl (C=O) groups is 1. The molecule has 0 saturated heterocycles. The SMILES string of the molecule is C[C@H](CN(C)C(=O)c1ccc(F)cc1C(F)(F)F)c1nn[nH]n1. The molecule has 0 spiro atoms. The molecule has 10 heteroatoms. The number of aromatic nitrogens is 4. The zero-order chi connectivity index (χ0) is 17.2. The number of H-pyrrole nitrogens is 1. The fraction of sp³-hybridized carbons (Fsp3) is 0.385. The third-order valence-corrected chi connectivity index (χ3v) is 3.21. The Labute approximate surface area is 128 Å². The van der Waals surface area contributed by atoms with Gasteiger partial charge in [-0.15, -0.1) is 10.2 Å². The zero-order valence-electron chi connectivity index (χ0n) is 12.2. The van der Waals surface area contributed by atoms with Gasteiger partial charge in [0.25, 0.3) is 5.91 Å². The van der Waals surface area contributed by atoms with Crippen molar-refractivity contribution < 1.29 is 22.4 Å². The lowest BCUT2D eigenvalue weighted by Crippen LogP contribution is -2.32. The molecule has 0 saturated carbocycles. The fourth-order valence-corrected chi connectivity index (χ4v) is 2.10. The minimum atomic E-state index is -4.83. The van der Waals surface area contributed by atoms with E-state index in [0.29, 0.717) is 11.9 Å². The van der Waals surface area contributed by atoms with E-state index in [-0.39, 0.29) is 12.5 Å². The summed E-state index contributed by atoms with van der Waals surface area (Å²) in [4.78, 5) is 13.4. The zero-order valence-corrected chi connectivity index (χ0v) is 12.2. The lowest BCUT2D eigenvalue weighted by molar-refractivity contribution is -0.138. The van der Waals surface area contributed by atoms with E-state index < -0.39 is 29.0 Å². The number of likely N-dealkylation sites (N-methyl/N-ethyl adjacent to an activating group) is 1. The summed E-state index contributed by atoms with van der Waals surface area (Å²) in [6, 6.07) is 1.96. The van der Waals surface area contributed by atoms with Crippen LogP contribution >= 0.6 is 0 Å². The summed E-state index contributed by atoms with van der Waals surface area (Å²) in [6.45, 7) is 1.77. The van der Waals surface area contributed by atoms with Crippen LogP contribution in [0.15, 0.2) is 18.2 Å². The van der Waals surface area contributed by atoms with E-state index in [1.807, 2.05) is 0 Å². The number of benzene rings is 1. The molecule has 0 aliphatic heterocycles. The van der Waals surface area contributed by atoms with E-state index in [1.165, 1.54) is 7.05 Å². The first-order valence-corrected chi connectivity index (χ1v) is 6.55. The topological polar surface area (TPSA) is 74.8 Å². The predicted octanol–water partition coefficient (Wildman–Crippen LogP) is 2.23. The van der Waals surface area contributed by atoms with Crippen LogP contribution in [0.4, 0.5) is 17.6 Å². The minimum absolute atomic E-state index is 0.0764. The molecule has 0 aliphatic carbocycles. The molecule has 1 N–H and O–H groups in total. The number of rotatable bonds is 4. The normalized spacial score (nSPS) is 13.0. The van der Waals surface area contributed by atoms with Crippen LogP contribution in [-0.4, -0.2) is 45.0 Å². The number of aromatic amines is 1. The summed E-state index contributed by atoms with van der Waals surface area (Å²) in [6.07, 6.45) is -4.83. The summed E-state index contributed by atoms with van der Waals surface area (Å²) in [7, 11) is 1.35. The van der Waals surface area contributed by atoms with Crippen molar-refractivity contribution >= 4 is 5.91 Å². The number of nitrogens with zero attached hydrogens (tertiary/aromatic N) is 4. The fourth-order valence-electron chi connectivity index (χ4n) is 2.10. The van der Waals surface area contributed by atoms with Crippen molar-refractivity contribution in [1.29, 1.82) is 0 Å². The highest BCUT2D eigenvalue weighted by atomic mass is 19.4. The molecule has 124 valence electrons. The molecule has 1 amide bonds. The molecule has 1 aromatic heterocycles. The smallest absolute Gasteiger partial charge is 0.341 e. The first kappa shape index (κ1) is 16.8. The van der Waals surface area contributed by atoms with E-state index >= 15 is 0 Å². The number of hydrogen-bond donors (Lipinski definition) is 1. The second-order valence-corrected chi connectivity index (χ2v) is 5.04. The molecule has 0 unspecified atom stereocenters. The quantitative estimate of drug-likeness (QED) is 0.872. The first-order chi connectivity index (χ1) is 10.7. The number of amides is 1. The van der Waals surface area contributed by atoms with Gasteiger partial charge in [0.2, 0.25) is 0 Å². The van der Waals surface area contributed by atoms with Crippen LogP contribution in [0.2, 0.25) is 0 Å². The van der Waals surface area contributed by atoms with E-state index in [1.54, 1.807) is 6.92 Å². The van der Waals surface area contributed by atoms with Crippen LogP contribution in [0, 0.1) is 5.82 Å². The van der Waals surface area contributed by atoms with Crippen LogP contribution in [0.3, 0.4) is 0 Å². The van der Waals surface area contributed by atoms with Gasteiger partial charge < -0.3 is 4.90 Å². The summed E-state index contributed by atoms with van der Waals surface area (Å²) in [5, 5.41) is 13.1. The van der Waals surface area contributed by atoms with Gasteiger partial charge in [0.05, 0.1) is 11.1 Å². The van der Waals surface area contributed by atoms with Crippen molar-refractivity contribution in [2.24, 2.45) is 0 Å². The van der Waals surface area contributed by atoms with Crippen LogP contribution < -0.4 is 0 Å². The van der Waals surface area contributed by atoms with E-state index in [9.17, 15) is 22.4 Å². The van der Waals surface area contributed by atoms with Crippen molar-refractivity contribution in [3.8, 4) is 0 Å². The predicted molar refractivity (Wildman–Crippen MR) is 71.0 cm³/mol. The highest BCUT2D eigenvalue weighted by Gasteiger charge is 2.36. The minimum Gasteiger partial charge on any atom is -0.341 e. The molecular weight excluding hydrogens is 318 g/mol. The molecule has 0 radical (unpaired) electrons. The van der Waals surface area contributed by atoms with Crippen LogP contribution in [0.5, 0.6) is 0 Å². The molecule has 1 atom stereocenters. The highest BCUT2D eigenvalue weighted by molar-refractivity contribution is 5.95. The lowest BCUT2D eigenvalue weighted by atomic mass is 10.0. The molecule has 6 nitrogen and oxygen atoms in total. The van der Waals surface area contributed by atoms with E-state index in [0.717, 1.165) is 17.0 Å². The number of halogens is 4. The number of nitrogens with one attached hydrogen (secondary N) is 1. The Morgan fingerprint density at radius 3 is 2.65 bits per heavy atom. The van der Waals surface area contributed by atoms with Gasteiger partial charge >= 0.3 is 6.18 Å². The van der Waals surface area contributed by atoms with Crippen LogP contribution in [-0.2, 0) is 6.18 Å². The third-order valence-electron chi connectivity index (χ3n) is 3.21. The second kappa shape index (κ2) is 6.31. The van der Waals surface area contributed by atoms with Gasteiger partial charge in [-0.3, -0.25) is 4.79 Å². The van der Waals surface area contributed by atoms with Gasteiger partial charge in [-0.25, -0.2) is 4.39 Å². The molecule has 2 rings (SSSR count). The van der Waals surface area contributed by atoms with Gasteiger partial charge in [0.15, 0.2) is 5.82 Å². The summed E-state index contributed by atoms with van der Waals surface area (Å²) in [5.74, 6) is -1.93. The van der Waals surface area contributed by atoms with Crippen LogP contribution in [0.1, 0.15) is 34.6 Å². The van der Waals surface area contributed by atoms with Crippen molar-refractivity contribution in [2.75, 3.05) is 13.6 Å². The van der Waals surface area contributed by atoms with Gasteiger partial charge in [-0.1, -0.05) is 12.1 Å². The average Bonchev–Trinajstić information content (AvgIpc) is 2.99. The largest absolute Gasteiger partial charge is 0.417 e. The average molecular weight is 331 g/mol. The number of tetrazole rings is 1. The van der Waals surface area contributed by atoms with E-state index in [2.05, 4.69) is 20.6 Å². The third kappa shape index (κ3) is 3.82. The summed E-state index contributed by atoms with van der Waals surface area (Å²) in [5.41, 5.74) is -1.91. The number of carbonyl (C=O) groups excluding carboxylic acids is 1. The molecule has 23 heavy (non-hydrogen) atoms. The van der Waals surface area contributed by atoms with Gasteiger partial charge in [-0.05, 0) is 18.2 Å². The molecule has 2 aromatic rings. The van der Waals surface area contributed by atoms with Gasteiger partial charge in [-0.2, -0.15) is 18.4 Å². The molecule has 0 fully saturated rings. The van der Waals surface area contributed by atoms with E-state index in [4.69, 9.17) is 0 Å². The van der Waals surface area contributed by atoms with Gasteiger partial charge in [0.1, 0.15) is 5.82 Å². The highest BCUT2D eigenvalue weighted by Crippen LogP contribution is 2.33. The van der Waals surface area contributed by atoms with Crippen molar-refractivity contribution in [3.63, 3.8) is 0 Å². The number of alkyl halides is 3. The Hall–Kier alpha value is -2.52. The monoisotopic (exact) mass is 331 g/mol. The Bertz CT molecular complexity index is 686. The molecular formula is C13H13F4N5O. The Morgan fingerprint density at radius 2 is 2.09 bits per heavy atom. The van der Waals surface area contributed by atoms with Crippen molar-refractivity contribution in [1.82, 2.24) is 25.5 Å². The molecule has 1 heterocycles. The van der Waals surface area contributed by atoms with Gasteiger partial charge in [0, 0.05) is 19.5 Å². The van der Waals surface area contributed by atoms with Crippen molar-refractivity contribution in [3.05, 3.63) is 41.0 Å². The molecule has 0 bridgehead atoms. The van der Waals surface area contributed by atoms with Crippen molar-refractivity contribution in [2.45, 2.75) is 19.0 Å². The Balaban J connectivity index is 2.23. The maximum Gasteiger partial charge on any atom is 0.417 e. The summed E-state index contributed by atoms with van der Waals surface area (Å²) < 4.78 is 52.0. The molecule has 0 aliphatic rings. The number of hydrogen-bond acceptors (Lipinski definition) is 4. The first-order valence-electron chi connectivity index (χ1n) is 6.55. The lowest BCUT2D eigenvalue weighted by Gasteiger charge is -2.22. The maximum absolute atomic E-state index is 13.1. The standard InChI is InChI=1S/C13H13F4N5O/c1-7(11-18-20-21-19-11)6-22(2)12(23)9-4-3-8(14)5-10(9)13(15,16)17/h3-5,7H,6H2,1-2H3,(H,18,19,20,21)/t7-/m1/s1. The summed E-state index contributed by atoms with van der Waals surface area (Å²) >= 11 is 0. The second-order valence-electron chi connectivity index (χ2n) is 5.04. The molecule has 1 aromatic carbocycles. The Kier molecular flexibility index (Phi) is 4.62. The Morgan fingerprint density at radius 1 is 1.39 bits per heavy atom. The maximum atomic E-state index is 13.1. The van der Waals surface area contributed by atoms with Crippen LogP contribution in [0.25, 0.3) is 0 Å².